The molecule has 2 aromatic rings. The summed E-state index contributed by atoms with van der Waals surface area (Å²) in [4.78, 5) is 11.5. The zero-order valence-corrected chi connectivity index (χ0v) is 9.05. The third kappa shape index (κ3) is 1.96. The Morgan fingerprint density at radius 2 is 2.29 bits per heavy atom. The van der Waals surface area contributed by atoms with Crippen molar-refractivity contribution in [2.75, 3.05) is 12.8 Å². The Hall–Kier alpha value is -2.37. The highest BCUT2D eigenvalue weighted by Gasteiger charge is 2.18. The standard InChI is InChI=1S/C11H10FN3O2/c1-17-11(16)10-9(13)6-14-15(10)8-4-2-3-7(12)5-8/h2-6H,13H2,1H3. The molecule has 0 aliphatic heterocycles. The first-order valence-electron chi connectivity index (χ1n) is 4.81. The third-order valence-corrected chi connectivity index (χ3v) is 2.23. The summed E-state index contributed by atoms with van der Waals surface area (Å²) >= 11 is 0. The molecule has 1 heterocycles. The van der Waals surface area contributed by atoms with Crippen molar-refractivity contribution in [3.8, 4) is 5.69 Å². The van der Waals surface area contributed by atoms with E-state index in [1.165, 1.54) is 36.2 Å². The Kier molecular flexibility index (Phi) is 2.78. The fourth-order valence-electron chi connectivity index (χ4n) is 1.47. The molecule has 1 aromatic carbocycles. The van der Waals surface area contributed by atoms with Gasteiger partial charge in [0.25, 0.3) is 0 Å². The van der Waals surface area contributed by atoms with Crippen LogP contribution in [0.1, 0.15) is 10.5 Å². The van der Waals surface area contributed by atoms with E-state index >= 15 is 0 Å². The second-order valence-corrected chi connectivity index (χ2v) is 3.33. The van der Waals surface area contributed by atoms with Crippen molar-refractivity contribution < 1.29 is 13.9 Å². The first-order valence-corrected chi connectivity index (χ1v) is 4.81. The van der Waals surface area contributed by atoms with Crippen LogP contribution < -0.4 is 5.73 Å². The van der Waals surface area contributed by atoms with Gasteiger partial charge in [-0.25, -0.2) is 13.9 Å². The number of anilines is 1. The smallest absolute Gasteiger partial charge is 0.358 e. The van der Waals surface area contributed by atoms with Crippen LogP contribution in [0.5, 0.6) is 0 Å². The molecule has 0 saturated heterocycles. The van der Waals surface area contributed by atoms with E-state index in [0.717, 1.165) is 0 Å². The number of nitrogens with zero attached hydrogens (tertiary/aromatic N) is 2. The normalized spacial score (nSPS) is 10.2. The predicted octanol–water partition coefficient (Wildman–Crippen LogP) is 1.38. The monoisotopic (exact) mass is 235 g/mol. The minimum atomic E-state index is -0.621. The van der Waals surface area contributed by atoms with Gasteiger partial charge < -0.3 is 10.5 Å². The van der Waals surface area contributed by atoms with E-state index in [9.17, 15) is 9.18 Å². The summed E-state index contributed by atoms with van der Waals surface area (Å²) < 4.78 is 18.9. The third-order valence-electron chi connectivity index (χ3n) is 2.23. The van der Waals surface area contributed by atoms with Crippen LogP contribution in [0.25, 0.3) is 5.69 Å². The van der Waals surface area contributed by atoms with Crippen LogP contribution in [0.2, 0.25) is 0 Å². The van der Waals surface area contributed by atoms with Crippen LogP contribution in [0.15, 0.2) is 30.5 Å². The molecule has 0 radical (unpaired) electrons. The molecule has 0 unspecified atom stereocenters. The van der Waals surface area contributed by atoms with E-state index in [1.807, 2.05) is 0 Å². The number of rotatable bonds is 2. The largest absolute Gasteiger partial charge is 0.464 e. The van der Waals surface area contributed by atoms with Crippen molar-refractivity contribution in [1.82, 2.24) is 9.78 Å². The second-order valence-electron chi connectivity index (χ2n) is 3.33. The highest BCUT2D eigenvalue weighted by atomic mass is 19.1. The van der Waals surface area contributed by atoms with Crippen molar-refractivity contribution >= 4 is 11.7 Å². The highest BCUT2D eigenvalue weighted by Crippen LogP contribution is 2.18. The molecule has 17 heavy (non-hydrogen) atoms. The topological polar surface area (TPSA) is 70.1 Å². The van der Waals surface area contributed by atoms with E-state index < -0.39 is 11.8 Å². The molecule has 0 atom stereocenters. The van der Waals surface area contributed by atoms with Crippen LogP contribution in [-0.4, -0.2) is 22.9 Å². The number of ether oxygens (including phenoxy) is 1. The molecule has 0 saturated carbocycles. The maximum absolute atomic E-state index is 13.1. The number of carbonyl (C=O) groups excluding carboxylic acids is 1. The van der Waals surface area contributed by atoms with Crippen LogP contribution in [0, 0.1) is 5.82 Å². The van der Waals surface area contributed by atoms with Gasteiger partial charge in [-0.05, 0) is 18.2 Å². The van der Waals surface area contributed by atoms with Gasteiger partial charge in [-0.1, -0.05) is 6.07 Å². The van der Waals surface area contributed by atoms with Crippen molar-refractivity contribution in [3.63, 3.8) is 0 Å². The molecule has 1 aromatic heterocycles. The average molecular weight is 235 g/mol. The molecular formula is C11H10FN3O2. The Bertz CT molecular complexity index is 566. The number of benzene rings is 1. The van der Waals surface area contributed by atoms with E-state index in [0.29, 0.717) is 5.69 Å². The van der Waals surface area contributed by atoms with Gasteiger partial charge in [-0.3, -0.25) is 0 Å². The van der Waals surface area contributed by atoms with Crippen LogP contribution >= 0.6 is 0 Å². The number of hydrogen-bond acceptors (Lipinski definition) is 4. The van der Waals surface area contributed by atoms with E-state index in [-0.39, 0.29) is 11.4 Å². The minimum Gasteiger partial charge on any atom is -0.464 e. The summed E-state index contributed by atoms with van der Waals surface area (Å²) in [5.74, 6) is -1.04. The van der Waals surface area contributed by atoms with Gasteiger partial charge in [0.1, 0.15) is 5.82 Å². The lowest BCUT2D eigenvalue weighted by Gasteiger charge is -2.06. The van der Waals surface area contributed by atoms with Gasteiger partial charge in [-0.15, -0.1) is 0 Å². The molecule has 5 nitrogen and oxygen atoms in total. The summed E-state index contributed by atoms with van der Waals surface area (Å²) in [6.07, 6.45) is 1.32. The Morgan fingerprint density at radius 3 is 2.94 bits per heavy atom. The number of carbonyl (C=O) groups is 1. The molecule has 0 fully saturated rings. The van der Waals surface area contributed by atoms with Gasteiger partial charge >= 0.3 is 5.97 Å². The van der Waals surface area contributed by atoms with Gasteiger partial charge in [-0.2, -0.15) is 5.10 Å². The molecule has 6 heteroatoms. The van der Waals surface area contributed by atoms with E-state index in [2.05, 4.69) is 9.84 Å². The molecule has 2 N–H and O–H groups in total. The van der Waals surface area contributed by atoms with E-state index in [1.54, 1.807) is 6.07 Å². The van der Waals surface area contributed by atoms with Crippen LogP contribution in [-0.2, 0) is 4.74 Å². The number of nitrogen functional groups attached to an aromatic ring is 1. The van der Waals surface area contributed by atoms with Gasteiger partial charge in [0.2, 0.25) is 0 Å². The highest BCUT2D eigenvalue weighted by molar-refractivity contribution is 5.93. The van der Waals surface area contributed by atoms with Crippen molar-refractivity contribution in [2.45, 2.75) is 0 Å². The SMILES string of the molecule is COC(=O)c1c(N)cnn1-c1cccc(F)c1. The number of aromatic nitrogens is 2. The van der Waals surface area contributed by atoms with Gasteiger partial charge in [0.05, 0.1) is 24.7 Å². The van der Waals surface area contributed by atoms with Crippen molar-refractivity contribution in [3.05, 3.63) is 42.0 Å². The molecule has 0 amide bonds. The molecule has 88 valence electrons. The van der Waals surface area contributed by atoms with Crippen LogP contribution in [0.4, 0.5) is 10.1 Å². The Balaban J connectivity index is 2.57. The number of esters is 1. The van der Waals surface area contributed by atoms with Crippen molar-refractivity contribution in [2.24, 2.45) is 0 Å². The number of hydrogen-bond donors (Lipinski definition) is 1. The lowest BCUT2D eigenvalue weighted by molar-refractivity contribution is 0.0591. The summed E-state index contributed by atoms with van der Waals surface area (Å²) in [5, 5.41) is 3.92. The van der Waals surface area contributed by atoms with Gasteiger partial charge in [0, 0.05) is 0 Å². The summed E-state index contributed by atoms with van der Waals surface area (Å²) in [6, 6.07) is 5.68. The second kappa shape index (κ2) is 4.25. The number of methoxy groups -OCH3 is 1. The summed E-state index contributed by atoms with van der Waals surface area (Å²) in [7, 11) is 1.24. The first-order chi connectivity index (χ1) is 8.13. The molecular weight excluding hydrogens is 225 g/mol. The fraction of sp³-hybridized carbons (Fsp3) is 0.0909. The zero-order valence-electron chi connectivity index (χ0n) is 9.05. The van der Waals surface area contributed by atoms with Crippen molar-refractivity contribution in [1.29, 1.82) is 0 Å². The summed E-state index contributed by atoms with van der Waals surface area (Å²) in [5.41, 5.74) is 6.28. The molecule has 0 aliphatic rings. The maximum Gasteiger partial charge on any atom is 0.358 e. The van der Waals surface area contributed by atoms with Crippen LogP contribution in [0.3, 0.4) is 0 Å². The molecule has 0 spiro atoms. The number of halogens is 1. The zero-order chi connectivity index (χ0) is 12.4. The lowest BCUT2D eigenvalue weighted by Crippen LogP contribution is -2.12. The van der Waals surface area contributed by atoms with Gasteiger partial charge in [0.15, 0.2) is 5.69 Å². The Morgan fingerprint density at radius 1 is 1.53 bits per heavy atom. The maximum atomic E-state index is 13.1. The number of nitrogens with two attached hydrogens (primary N) is 1. The quantitative estimate of drug-likeness (QED) is 0.798. The first kappa shape index (κ1) is 11.1. The average Bonchev–Trinajstić information content (AvgIpc) is 2.70. The predicted molar refractivity (Wildman–Crippen MR) is 59.3 cm³/mol. The molecule has 2 rings (SSSR count). The Labute approximate surface area is 96.6 Å². The fourth-order valence-corrected chi connectivity index (χ4v) is 1.47. The van der Waals surface area contributed by atoms with E-state index in [4.69, 9.17) is 5.73 Å². The lowest BCUT2D eigenvalue weighted by atomic mass is 10.3. The molecule has 0 bridgehead atoms. The molecule has 0 aliphatic carbocycles. The minimum absolute atomic E-state index is 0.0816. The summed E-state index contributed by atoms with van der Waals surface area (Å²) in [6.45, 7) is 0.